The van der Waals surface area contributed by atoms with E-state index < -0.39 is 10.0 Å². The first-order valence-corrected chi connectivity index (χ1v) is 16.2. The van der Waals surface area contributed by atoms with E-state index in [0.29, 0.717) is 17.1 Å². The molecule has 0 radical (unpaired) electrons. The summed E-state index contributed by atoms with van der Waals surface area (Å²) in [6.07, 6.45) is 3.02. The quantitative estimate of drug-likeness (QED) is 0.208. The van der Waals surface area contributed by atoms with Crippen LogP contribution in [0, 0.1) is 27.7 Å². The first-order valence-electron chi connectivity index (χ1n) is 14.7. The number of nitrogens with one attached hydrogen (secondary N) is 2. The molecule has 0 aliphatic carbocycles. The summed E-state index contributed by atoms with van der Waals surface area (Å²) < 4.78 is 35.4. The van der Waals surface area contributed by atoms with Crippen LogP contribution in [0.5, 0.6) is 11.5 Å². The monoisotopic (exact) mass is 600 g/mol. The lowest BCUT2D eigenvalue weighted by Gasteiger charge is -2.24. The van der Waals surface area contributed by atoms with Crippen molar-refractivity contribution in [2.75, 3.05) is 12.4 Å². The molecule has 5 nitrogen and oxygen atoms in total. The highest BCUT2D eigenvalue weighted by molar-refractivity contribution is 7.89. The number of aryl methyl sites for hydroxylation is 4. The van der Waals surface area contributed by atoms with E-state index >= 15 is 0 Å². The first-order chi connectivity index (χ1) is 21.2. The van der Waals surface area contributed by atoms with Crippen molar-refractivity contribution in [1.29, 1.82) is 0 Å². The number of rotatable bonds is 7. The van der Waals surface area contributed by atoms with E-state index in [0.717, 1.165) is 50.5 Å². The van der Waals surface area contributed by atoms with Gasteiger partial charge in [-0.3, -0.25) is 0 Å². The van der Waals surface area contributed by atoms with Crippen molar-refractivity contribution in [1.82, 2.24) is 4.72 Å². The van der Waals surface area contributed by atoms with Gasteiger partial charge in [-0.2, -0.15) is 0 Å². The molecule has 0 amide bonds. The highest BCUT2D eigenvalue weighted by Crippen LogP contribution is 2.40. The standard InChI is InChI=1S/C38H36N2O3S/c1-24-10-8-11-25(2)30(24)19-16-28-17-20-31-34(22-28)43-35-23-29(40-38-26(3)12-9-13-27(38)4)18-21-32(35)37(31)33-14-6-7-15-36(33)44(41,42)39-5/h6-18,20-23,39-40H,19H2,1-5H3/b28-16+. The fourth-order valence-corrected chi connectivity index (χ4v) is 6.90. The van der Waals surface area contributed by atoms with Crippen LogP contribution in [0.25, 0.3) is 11.6 Å². The van der Waals surface area contributed by atoms with Crippen LogP contribution in [0.1, 0.15) is 38.9 Å². The minimum atomic E-state index is -3.73. The molecule has 6 rings (SSSR count). The highest BCUT2D eigenvalue weighted by atomic mass is 32.2. The molecule has 5 aromatic carbocycles. The number of para-hydroxylation sites is 1. The van der Waals surface area contributed by atoms with Gasteiger partial charge in [-0.1, -0.05) is 66.7 Å². The number of anilines is 2. The molecule has 5 aromatic rings. The van der Waals surface area contributed by atoms with Crippen LogP contribution in [0.4, 0.5) is 11.4 Å². The number of sulfonamides is 1. The average Bonchev–Trinajstić information content (AvgIpc) is 3.01. The van der Waals surface area contributed by atoms with Crippen LogP contribution in [-0.4, -0.2) is 15.5 Å². The van der Waals surface area contributed by atoms with Gasteiger partial charge in [-0.25, -0.2) is 13.1 Å². The normalized spacial score (nSPS) is 12.8. The Morgan fingerprint density at radius 2 is 1.39 bits per heavy atom. The second-order valence-corrected chi connectivity index (χ2v) is 13.2. The Hall–Kier alpha value is -4.65. The lowest BCUT2D eigenvalue weighted by Crippen LogP contribution is -2.24. The van der Waals surface area contributed by atoms with Gasteiger partial charge in [0, 0.05) is 39.4 Å². The molecule has 0 fully saturated rings. The van der Waals surface area contributed by atoms with Gasteiger partial charge in [-0.05, 0) is 105 Å². The number of fused-ring (bicyclic) bond motifs is 2. The Balaban J connectivity index is 1.53. The molecule has 6 heteroatoms. The summed E-state index contributed by atoms with van der Waals surface area (Å²) in [5.41, 5.74) is 10.4. The third kappa shape index (κ3) is 5.54. The van der Waals surface area contributed by atoms with Gasteiger partial charge in [-0.15, -0.1) is 0 Å². The van der Waals surface area contributed by atoms with Crippen molar-refractivity contribution in [3.05, 3.63) is 146 Å². The summed E-state index contributed by atoms with van der Waals surface area (Å²) in [6, 6.07) is 31.9. The van der Waals surface area contributed by atoms with Crippen molar-refractivity contribution in [2.45, 2.75) is 39.0 Å². The molecule has 1 aliphatic rings. The van der Waals surface area contributed by atoms with Crippen molar-refractivity contribution in [3.8, 4) is 11.5 Å². The van der Waals surface area contributed by atoms with Gasteiger partial charge in [0.1, 0.15) is 11.5 Å². The summed E-state index contributed by atoms with van der Waals surface area (Å²) >= 11 is 0. The fourth-order valence-electron chi connectivity index (χ4n) is 5.97. The van der Waals surface area contributed by atoms with Crippen molar-refractivity contribution in [2.24, 2.45) is 0 Å². The SMILES string of the molecule is CNS(=O)(=O)c1ccccc1C1=c2cc/c(=C\Cc3c(C)cccc3C)cc2Oc2cc(Nc3c(C)cccc3C)ccc21. The van der Waals surface area contributed by atoms with E-state index in [9.17, 15) is 8.42 Å². The van der Waals surface area contributed by atoms with Gasteiger partial charge in [0.2, 0.25) is 10.0 Å². The van der Waals surface area contributed by atoms with Gasteiger partial charge in [0.15, 0.2) is 0 Å². The molecular weight excluding hydrogens is 564 g/mol. The van der Waals surface area contributed by atoms with Crippen LogP contribution in [0.15, 0.2) is 102 Å². The third-order valence-corrected chi connectivity index (χ3v) is 9.87. The van der Waals surface area contributed by atoms with Crippen LogP contribution < -0.4 is 25.2 Å². The van der Waals surface area contributed by atoms with Crippen LogP contribution in [0.3, 0.4) is 0 Å². The van der Waals surface area contributed by atoms with Crippen molar-refractivity contribution >= 4 is 33.0 Å². The van der Waals surface area contributed by atoms with E-state index in [4.69, 9.17) is 4.74 Å². The maximum Gasteiger partial charge on any atom is 0.240 e. The van der Waals surface area contributed by atoms with Gasteiger partial charge < -0.3 is 10.1 Å². The minimum Gasteiger partial charge on any atom is -0.456 e. The van der Waals surface area contributed by atoms with E-state index in [1.165, 1.54) is 23.7 Å². The molecule has 222 valence electrons. The van der Waals surface area contributed by atoms with Crippen LogP contribution >= 0.6 is 0 Å². The smallest absolute Gasteiger partial charge is 0.240 e. The Bertz CT molecular complexity index is 2110. The summed E-state index contributed by atoms with van der Waals surface area (Å²) in [7, 11) is -2.29. The van der Waals surface area contributed by atoms with E-state index in [-0.39, 0.29) is 4.90 Å². The highest BCUT2D eigenvalue weighted by Gasteiger charge is 2.26. The Morgan fingerprint density at radius 1 is 0.705 bits per heavy atom. The Morgan fingerprint density at radius 3 is 2.09 bits per heavy atom. The molecule has 2 N–H and O–H groups in total. The molecule has 1 aliphatic heterocycles. The summed E-state index contributed by atoms with van der Waals surface area (Å²) in [5, 5.41) is 5.45. The number of ether oxygens (including phenoxy) is 1. The average molecular weight is 601 g/mol. The molecule has 0 saturated carbocycles. The Labute approximate surface area is 259 Å². The summed E-state index contributed by atoms with van der Waals surface area (Å²) in [5.74, 6) is 1.34. The summed E-state index contributed by atoms with van der Waals surface area (Å²) in [4.78, 5) is 0.222. The van der Waals surface area contributed by atoms with E-state index in [2.05, 4.69) is 86.3 Å². The van der Waals surface area contributed by atoms with Gasteiger partial charge >= 0.3 is 0 Å². The second kappa shape index (κ2) is 11.8. The predicted octanol–water partition coefficient (Wildman–Crippen LogP) is 6.95. The molecular formula is C38H36N2O3S. The van der Waals surface area contributed by atoms with E-state index in [1.807, 2.05) is 42.5 Å². The lowest BCUT2D eigenvalue weighted by atomic mass is 9.92. The molecule has 0 saturated heterocycles. The zero-order chi connectivity index (χ0) is 31.0. The maximum atomic E-state index is 13.2. The molecule has 1 heterocycles. The van der Waals surface area contributed by atoms with Crippen LogP contribution in [0.2, 0.25) is 0 Å². The fraction of sp³-hybridized carbons (Fsp3) is 0.158. The molecule has 44 heavy (non-hydrogen) atoms. The van der Waals surface area contributed by atoms with Crippen LogP contribution in [-0.2, 0) is 16.4 Å². The molecule has 0 aromatic heterocycles. The van der Waals surface area contributed by atoms with Crippen molar-refractivity contribution in [3.63, 3.8) is 0 Å². The molecule has 0 spiro atoms. The second-order valence-electron chi connectivity index (χ2n) is 11.3. The number of hydrogen-bond donors (Lipinski definition) is 2. The van der Waals surface area contributed by atoms with Gasteiger partial charge in [0.05, 0.1) is 4.90 Å². The molecule has 0 unspecified atom stereocenters. The number of hydrogen-bond acceptors (Lipinski definition) is 4. The molecule has 0 bridgehead atoms. The van der Waals surface area contributed by atoms with Crippen molar-refractivity contribution < 1.29 is 13.2 Å². The van der Waals surface area contributed by atoms with Gasteiger partial charge in [0.25, 0.3) is 0 Å². The molecule has 0 atom stereocenters. The zero-order valence-corrected chi connectivity index (χ0v) is 26.5. The first kappa shape index (κ1) is 29.4. The van der Waals surface area contributed by atoms with E-state index in [1.54, 1.807) is 12.1 Å². The minimum absolute atomic E-state index is 0.222. The Kier molecular flexibility index (Phi) is 7.89. The zero-order valence-electron chi connectivity index (χ0n) is 25.7. The third-order valence-electron chi connectivity index (χ3n) is 8.40. The maximum absolute atomic E-state index is 13.2. The summed E-state index contributed by atoms with van der Waals surface area (Å²) in [6.45, 7) is 8.46. The predicted molar refractivity (Wildman–Crippen MR) is 180 cm³/mol. The number of benzene rings is 5. The topological polar surface area (TPSA) is 67.4 Å². The largest absolute Gasteiger partial charge is 0.456 e. The lowest BCUT2D eigenvalue weighted by molar-refractivity contribution is 0.472.